The fraction of sp³-hybridized carbons (Fsp3) is 0.875. The first-order valence-corrected chi connectivity index (χ1v) is 4.32. The van der Waals surface area contributed by atoms with Crippen LogP contribution in [0, 0.1) is 10.8 Å². The van der Waals surface area contributed by atoms with Crippen molar-refractivity contribution >= 4 is 0 Å². The Kier molecular flexibility index (Phi) is 3.47. The second-order valence-electron chi connectivity index (χ2n) is 3.52. The van der Waals surface area contributed by atoms with Gasteiger partial charge in [-0.1, -0.05) is 13.8 Å². The van der Waals surface area contributed by atoms with E-state index < -0.39 is 0 Å². The first kappa shape index (κ1) is 9.45. The molecule has 1 aliphatic heterocycles. The lowest BCUT2D eigenvalue weighted by Gasteiger charge is -2.31. The topological polar surface area (TPSA) is 35.9 Å². The van der Waals surface area contributed by atoms with Crippen LogP contribution in [-0.2, 0) is 0 Å². The molecule has 0 aromatic heterocycles. The summed E-state index contributed by atoms with van der Waals surface area (Å²) in [5.74, 6) is 1.42. The summed E-state index contributed by atoms with van der Waals surface area (Å²) in [4.78, 5) is 12.5. The summed E-state index contributed by atoms with van der Waals surface area (Å²) in [6, 6.07) is 0. The number of piperazine rings is 1. The van der Waals surface area contributed by atoms with Gasteiger partial charge in [0.2, 0.25) is 0 Å². The number of nitroso groups, excluding NO2 is 1. The van der Waals surface area contributed by atoms with Gasteiger partial charge in [0.1, 0.15) is 0 Å². The Hall–Kier alpha value is -0.640. The monoisotopic (exact) mass is 170 g/mol. The van der Waals surface area contributed by atoms with E-state index in [4.69, 9.17) is 0 Å². The second-order valence-corrected chi connectivity index (χ2v) is 3.52. The molecule has 1 saturated heterocycles. The molecular formula is C8H16N3O. The van der Waals surface area contributed by atoms with Gasteiger partial charge in [-0.3, -0.25) is 9.91 Å². The molecule has 1 radical (unpaired) electrons. The van der Waals surface area contributed by atoms with Gasteiger partial charge >= 0.3 is 0 Å². The van der Waals surface area contributed by atoms with Gasteiger partial charge in [0.05, 0.1) is 18.4 Å². The first-order valence-electron chi connectivity index (χ1n) is 4.32. The van der Waals surface area contributed by atoms with Gasteiger partial charge in [-0.2, -0.15) is 0 Å². The Morgan fingerprint density at radius 2 is 1.83 bits per heavy atom. The highest BCUT2D eigenvalue weighted by atomic mass is 16.3. The zero-order chi connectivity index (χ0) is 8.97. The molecule has 12 heavy (non-hydrogen) atoms. The van der Waals surface area contributed by atoms with Crippen molar-refractivity contribution in [3.05, 3.63) is 10.8 Å². The van der Waals surface area contributed by atoms with Gasteiger partial charge in [-0.05, 0) is 5.92 Å². The lowest BCUT2D eigenvalue weighted by Crippen LogP contribution is -2.44. The molecule has 0 amide bonds. The van der Waals surface area contributed by atoms with E-state index in [-0.39, 0.29) is 0 Å². The molecule has 0 unspecified atom stereocenters. The van der Waals surface area contributed by atoms with Crippen LogP contribution in [0.5, 0.6) is 0 Å². The van der Waals surface area contributed by atoms with Crippen molar-refractivity contribution in [3.63, 3.8) is 0 Å². The van der Waals surface area contributed by atoms with E-state index in [1.807, 2.05) is 0 Å². The molecule has 0 spiro atoms. The van der Waals surface area contributed by atoms with Gasteiger partial charge in [0.15, 0.2) is 0 Å². The van der Waals surface area contributed by atoms with Gasteiger partial charge in [0, 0.05) is 19.6 Å². The zero-order valence-electron chi connectivity index (χ0n) is 7.79. The minimum Gasteiger partial charge on any atom is -0.299 e. The van der Waals surface area contributed by atoms with Gasteiger partial charge in [-0.25, -0.2) is 0 Å². The lowest BCUT2D eigenvalue weighted by molar-refractivity contribution is 0.138. The maximum absolute atomic E-state index is 10.1. The summed E-state index contributed by atoms with van der Waals surface area (Å²) >= 11 is 0. The molecule has 1 aliphatic rings. The predicted molar refractivity (Wildman–Crippen MR) is 48.4 cm³/mol. The van der Waals surface area contributed by atoms with Gasteiger partial charge in [0.25, 0.3) is 0 Å². The van der Waals surface area contributed by atoms with E-state index in [2.05, 4.69) is 24.0 Å². The maximum atomic E-state index is 10.1. The molecule has 1 rings (SSSR count). The van der Waals surface area contributed by atoms with Crippen molar-refractivity contribution < 1.29 is 0 Å². The van der Waals surface area contributed by atoms with Crippen molar-refractivity contribution in [1.82, 2.24) is 9.91 Å². The van der Waals surface area contributed by atoms with E-state index in [0.29, 0.717) is 0 Å². The van der Waals surface area contributed by atoms with Crippen LogP contribution in [0.2, 0.25) is 0 Å². The third kappa shape index (κ3) is 2.77. The highest BCUT2D eigenvalue weighted by Crippen LogP contribution is 2.05. The zero-order valence-corrected chi connectivity index (χ0v) is 7.79. The summed E-state index contributed by atoms with van der Waals surface area (Å²) in [7, 11) is 0. The largest absolute Gasteiger partial charge is 0.299 e. The fourth-order valence-electron chi connectivity index (χ4n) is 1.42. The highest BCUT2D eigenvalue weighted by molar-refractivity contribution is 4.83. The minimum atomic E-state index is 0.775. The van der Waals surface area contributed by atoms with Crippen LogP contribution in [-0.4, -0.2) is 42.6 Å². The van der Waals surface area contributed by atoms with E-state index in [9.17, 15) is 4.91 Å². The number of hydrogen-bond acceptors (Lipinski definition) is 3. The molecule has 0 atom stereocenters. The smallest absolute Gasteiger partial charge is 0.0524 e. The van der Waals surface area contributed by atoms with Crippen LogP contribution in [0.15, 0.2) is 5.29 Å². The summed E-state index contributed by atoms with van der Waals surface area (Å²) in [6.45, 7) is 8.77. The van der Waals surface area contributed by atoms with E-state index in [1.165, 1.54) is 5.92 Å². The molecule has 4 heteroatoms. The van der Waals surface area contributed by atoms with Crippen LogP contribution in [0.3, 0.4) is 0 Å². The van der Waals surface area contributed by atoms with E-state index >= 15 is 0 Å². The Balaban J connectivity index is 2.21. The van der Waals surface area contributed by atoms with Gasteiger partial charge in [-0.15, -0.1) is 4.91 Å². The van der Waals surface area contributed by atoms with Crippen LogP contribution in [0.25, 0.3) is 0 Å². The SMILES string of the molecule is C[C](C)CN1CCN(N=O)CC1. The fourth-order valence-corrected chi connectivity index (χ4v) is 1.42. The molecular weight excluding hydrogens is 154 g/mol. The molecule has 69 valence electrons. The number of nitrogens with zero attached hydrogens (tertiary/aromatic N) is 3. The quantitative estimate of drug-likeness (QED) is 0.590. The highest BCUT2D eigenvalue weighted by Gasteiger charge is 2.16. The standard InChI is InChI=1S/C8H16N3O/c1-8(2)7-10-3-5-11(9-12)6-4-10/h3-7H2,1-2H3. The summed E-state index contributed by atoms with van der Waals surface area (Å²) in [5.41, 5.74) is 0. The summed E-state index contributed by atoms with van der Waals surface area (Å²) < 4.78 is 0. The molecule has 0 aliphatic carbocycles. The molecule has 1 fully saturated rings. The molecule has 0 saturated carbocycles. The molecule has 0 bridgehead atoms. The Bertz CT molecular complexity index is 141. The van der Waals surface area contributed by atoms with Crippen LogP contribution in [0.4, 0.5) is 0 Å². The third-order valence-corrected chi connectivity index (χ3v) is 2.00. The maximum Gasteiger partial charge on any atom is 0.0524 e. The summed E-state index contributed by atoms with van der Waals surface area (Å²) in [6.07, 6.45) is 0. The lowest BCUT2D eigenvalue weighted by atomic mass is 10.2. The van der Waals surface area contributed by atoms with Crippen molar-refractivity contribution in [2.45, 2.75) is 13.8 Å². The van der Waals surface area contributed by atoms with Crippen LogP contribution >= 0.6 is 0 Å². The van der Waals surface area contributed by atoms with Crippen molar-refractivity contribution in [2.75, 3.05) is 32.7 Å². The van der Waals surface area contributed by atoms with Crippen LogP contribution < -0.4 is 0 Å². The average Bonchev–Trinajstić information content (AvgIpc) is 2.05. The third-order valence-electron chi connectivity index (χ3n) is 2.00. The van der Waals surface area contributed by atoms with E-state index in [0.717, 1.165) is 32.7 Å². The molecule has 0 N–H and O–H groups in total. The second kappa shape index (κ2) is 4.40. The normalized spacial score (nSPS) is 20.1. The van der Waals surface area contributed by atoms with Crippen molar-refractivity contribution in [3.8, 4) is 0 Å². The molecule has 1 heterocycles. The molecule has 4 nitrogen and oxygen atoms in total. The van der Waals surface area contributed by atoms with Crippen molar-refractivity contribution in [2.24, 2.45) is 5.29 Å². The average molecular weight is 170 g/mol. The minimum absolute atomic E-state index is 0.775. The number of rotatable bonds is 3. The van der Waals surface area contributed by atoms with E-state index in [1.54, 1.807) is 5.01 Å². The molecule has 0 aromatic carbocycles. The number of hydrogen-bond donors (Lipinski definition) is 0. The Labute approximate surface area is 73.5 Å². The predicted octanol–water partition coefficient (Wildman–Crippen LogP) is 0.900. The van der Waals surface area contributed by atoms with Crippen LogP contribution in [0.1, 0.15) is 13.8 Å². The van der Waals surface area contributed by atoms with Crippen molar-refractivity contribution in [1.29, 1.82) is 0 Å². The summed E-state index contributed by atoms with van der Waals surface area (Å²) in [5, 5.41) is 4.50. The molecule has 0 aromatic rings. The Morgan fingerprint density at radius 1 is 1.25 bits per heavy atom. The van der Waals surface area contributed by atoms with Gasteiger partial charge < -0.3 is 0 Å². The first-order chi connectivity index (χ1) is 5.72. The Morgan fingerprint density at radius 3 is 2.25 bits per heavy atom.